The van der Waals surface area contributed by atoms with E-state index in [0.717, 1.165) is 39.9 Å². The molecule has 36 heavy (non-hydrogen) atoms. The van der Waals surface area contributed by atoms with Crippen molar-refractivity contribution in [1.82, 2.24) is 8.75 Å². The molecule has 0 atom stereocenters. The van der Waals surface area contributed by atoms with Gasteiger partial charge in [-0.3, -0.25) is 0 Å². The van der Waals surface area contributed by atoms with Crippen LogP contribution in [0.2, 0.25) is 0 Å². The Bertz CT molecular complexity index is 1590. The molecule has 0 aliphatic heterocycles. The van der Waals surface area contributed by atoms with Crippen LogP contribution < -0.4 is 4.90 Å². The average Bonchev–Trinajstić information content (AvgIpc) is 3.41. The molecule has 5 aromatic rings. The van der Waals surface area contributed by atoms with Crippen molar-refractivity contribution in [2.45, 2.75) is 13.8 Å². The van der Waals surface area contributed by atoms with Gasteiger partial charge >= 0.3 is 0 Å². The average molecular weight is 485 g/mol. The molecule has 0 saturated heterocycles. The molecule has 0 N–H and O–H groups in total. The number of aryl methyl sites for hydroxylation is 2. The van der Waals surface area contributed by atoms with Gasteiger partial charge in [0.1, 0.15) is 23.2 Å². The van der Waals surface area contributed by atoms with Crippen LogP contribution in [-0.2, 0) is 0 Å². The molecule has 4 aromatic carbocycles. The van der Waals surface area contributed by atoms with Crippen LogP contribution in [0.1, 0.15) is 11.1 Å². The molecule has 6 nitrogen and oxygen atoms in total. The van der Waals surface area contributed by atoms with Crippen molar-refractivity contribution in [2.24, 2.45) is 4.99 Å². The van der Waals surface area contributed by atoms with E-state index in [9.17, 15) is 0 Å². The predicted molar refractivity (Wildman–Crippen MR) is 145 cm³/mol. The van der Waals surface area contributed by atoms with Gasteiger partial charge in [-0.2, -0.15) is 19.3 Å². The first-order valence-corrected chi connectivity index (χ1v) is 12.0. The van der Waals surface area contributed by atoms with E-state index < -0.39 is 0 Å². The maximum Gasteiger partial charge on any atom is 0.218 e. The third-order valence-electron chi connectivity index (χ3n) is 5.86. The molecule has 0 bridgehead atoms. The molecule has 7 heteroatoms. The maximum absolute atomic E-state index is 9.06. The quantitative estimate of drug-likeness (QED) is 0.240. The highest BCUT2D eigenvalue weighted by Crippen LogP contribution is 2.38. The van der Waals surface area contributed by atoms with Crippen LogP contribution in [0.4, 0.5) is 22.7 Å². The fourth-order valence-corrected chi connectivity index (χ4v) is 4.57. The van der Waals surface area contributed by atoms with Crippen LogP contribution in [-0.4, -0.2) is 14.5 Å². The molecule has 0 amide bonds. The lowest BCUT2D eigenvalue weighted by atomic mass is 10.0. The number of rotatable bonds is 5. The van der Waals surface area contributed by atoms with Gasteiger partial charge in [0.25, 0.3) is 0 Å². The standard InChI is InChI=1S/C29H20N6S/c1-19-3-9-23(10-4-19)35(24-11-5-20(2)6-12-24)25-13-7-21(8-14-25)26-15-16-27(32-22(17-30)18-31)29-28(26)33-36-34-29/h3-16H,1-2H3. The van der Waals surface area contributed by atoms with Gasteiger partial charge in [0.05, 0.1) is 17.4 Å². The second-order valence-corrected chi connectivity index (χ2v) is 8.86. The summed E-state index contributed by atoms with van der Waals surface area (Å²) in [5.41, 5.74) is 9.03. The number of nitrogens with zero attached hydrogens (tertiary/aromatic N) is 6. The summed E-state index contributed by atoms with van der Waals surface area (Å²) < 4.78 is 8.83. The zero-order valence-corrected chi connectivity index (χ0v) is 20.5. The first kappa shape index (κ1) is 22.9. The van der Waals surface area contributed by atoms with E-state index >= 15 is 0 Å². The molecule has 0 spiro atoms. The van der Waals surface area contributed by atoms with E-state index in [1.807, 2.05) is 6.07 Å². The number of fused-ring (bicyclic) bond motifs is 1. The Morgan fingerprint density at radius 1 is 0.694 bits per heavy atom. The molecule has 0 aliphatic carbocycles. The molecule has 172 valence electrons. The van der Waals surface area contributed by atoms with Crippen LogP contribution >= 0.6 is 11.7 Å². The highest BCUT2D eigenvalue weighted by Gasteiger charge is 2.15. The molecule has 0 unspecified atom stereocenters. The monoisotopic (exact) mass is 484 g/mol. The van der Waals surface area contributed by atoms with Crippen LogP contribution in [0, 0.1) is 36.5 Å². The van der Waals surface area contributed by atoms with Gasteiger partial charge in [0.2, 0.25) is 5.71 Å². The van der Waals surface area contributed by atoms with Crippen molar-refractivity contribution in [3.8, 4) is 23.3 Å². The SMILES string of the molecule is Cc1ccc(N(c2ccc(C)cc2)c2ccc(-c3ccc(N=C(C#N)C#N)c4nsnc34)cc2)cc1. The normalized spacial score (nSPS) is 10.4. The summed E-state index contributed by atoms with van der Waals surface area (Å²) in [6.07, 6.45) is 0. The van der Waals surface area contributed by atoms with Crippen LogP contribution in [0.3, 0.4) is 0 Å². The second-order valence-electron chi connectivity index (χ2n) is 8.33. The Hall–Kier alpha value is -4.85. The van der Waals surface area contributed by atoms with Crippen molar-refractivity contribution >= 4 is 51.2 Å². The Labute approximate surface area is 213 Å². The Kier molecular flexibility index (Phi) is 6.23. The van der Waals surface area contributed by atoms with Crippen molar-refractivity contribution in [2.75, 3.05) is 4.90 Å². The summed E-state index contributed by atoms with van der Waals surface area (Å²) in [5, 5.41) is 18.1. The molecule has 5 rings (SSSR count). The summed E-state index contributed by atoms with van der Waals surface area (Å²) >= 11 is 1.08. The summed E-state index contributed by atoms with van der Waals surface area (Å²) in [6, 6.07) is 32.6. The molecule has 0 saturated carbocycles. The minimum absolute atomic E-state index is 0.214. The summed E-state index contributed by atoms with van der Waals surface area (Å²) in [6.45, 7) is 4.17. The van der Waals surface area contributed by atoms with Crippen LogP contribution in [0.5, 0.6) is 0 Å². The number of nitriles is 2. The summed E-state index contributed by atoms with van der Waals surface area (Å²) in [4.78, 5) is 6.37. The van der Waals surface area contributed by atoms with Gasteiger partial charge in [0, 0.05) is 22.6 Å². The van der Waals surface area contributed by atoms with Gasteiger partial charge < -0.3 is 4.90 Å². The Balaban J connectivity index is 1.56. The molecule has 0 radical (unpaired) electrons. The highest BCUT2D eigenvalue weighted by atomic mass is 32.1. The number of aliphatic imine (C=N–C) groups is 1. The van der Waals surface area contributed by atoms with E-state index in [1.54, 1.807) is 18.2 Å². The second kappa shape index (κ2) is 9.79. The van der Waals surface area contributed by atoms with E-state index in [1.165, 1.54) is 11.1 Å². The lowest BCUT2D eigenvalue weighted by molar-refractivity contribution is 1.27. The van der Waals surface area contributed by atoms with Crippen molar-refractivity contribution < 1.29 is 0 Å². The van der Waals surface area contributed by atoms with E-state index in [0.29, 0.717) is 16.7 Å². The van der Waals surface area contributed by atoms with Crippen LogP contribution in [0.15, 0.2) is 89.9 Å². The molecule has 1 heterocycles. The minimum atomic E-state index is -0.214. The lowest BCUT2D eigenvalue weighted by Crippen LogP contribution is -2.09. The van der Waals surface area contributed by atoms with E-state index in [4.69, 9.17) is 10.5 Å². The third kappa shape index (κ3) is 4.44. The highest BCUT2D eigenvalue weighted by molar-refractivity contribution is 7.00. The largest absolute Gasteiger partial charge is 0.311 e. The van der Waals surface area contributed by atoms with Gasteiger partial charge in [-0.25, -0.2) is 4.99 Å². The van der Waals surface area contributed by atoms with Gasteiger partial charge in [-0.1, -0.05) is 47.5 Å². The van der Waals surface area contributed by atoms with Crippen LogP contribution in [0.25, 0.3) is 22.2 Å². The zero-order valence-electron chi connectivity index (χ0n) is 19.7. The Morgan fingerprint density at radius 2 is 1.19 bits per heavy atom. The smallest absolute Gasteiger partial charge is 0.218 e. The number of hydrogen-bond acceptors (Lipinski definition) is 7. The molecule has 0 aliphatic rings. The maximum atomic E-state index is 9.06. The number of anilines is 3. The van der Waals surface area contributed by atoms with Gasteiger partial charge in [0.15, 0.2) is 0 Å². The molecular weight excluding hydrogens is 464 g/mol. The fraction of sp³-hybridized carbons (Fsp3) is 0.0690. The zero-order chi connectivity index (χ0) is 25.1. The topological polar surface area (TPSA) is 89.0 Å². The van der Waals surface area contributed by atoms with E-state index in [-0.39, 0.29) is 5.71 Å². The number of benzene rings is 4. The predicted octanol–water partition coefficient (Wildman–Crippen LogP) is 7.56. The van der Waals surface area contributed by atoms with E-state index in [2.05, 4.69) is 105 Å². The third-order valence-corrected chi connectivity index (χ3v) is 6.39. The first-order chi connectivity index (χ1) is 17.6. The molecule has 0 fully saturated rings. The summed E-state index contributed by atoms with van der Waals surface area (Å²) in [7, 11) is 0. The number of aromatic nitrogens is 2. The van der Waals surface area contributed by atoms with Crippen molar-refractivity contribution in [3.05, 3.63) is 96.1 Å². The molecular formula is C29H20N6S. The lowest BCUT2D eigenvalue weighted by Gasteiger charge is -2.26. The number of hydrogen-bond donors (Lipinski definition) is 0. The van der Waals surface area contributed by atoms with Crippen molar-refractivity contribution in [1.29, 1.82) is 10.5 Å². The first-order valence-electron chi connectivity index (χ1n) is 11.3. The molecule has 1 aromatic heterocycles. The minimum Gasteiger partial charge on any atom is -0.311 e. The summed E-state index contributed by atoms with van der Waals surface area (Å²) in [5.74, 6) is 0. The Morgan fingerprint density at radius 3 is 1.72 bits per heavy atom. The fourth-order valence-electron chi connectivity index (χ4n) is 4.00. The van der Waals surface area contributed by atoms with Gasteiger partial charge in [-0.05, 0) is 67.9 Å². The van der Waals surface area contributed by atoms with Gasteiger partial charge in [-0.15, -0.1) is 0 Å². The van der Waals surface area contributed by atoms with Crippen molar-refractivity contribution in [3.63, 3.8) is 0 Å².